The van der Waals surface area contributed by atoms with Crippen molar-refractivity contribution >= 4 is 5.69 Å². The zero-order valence-corrected chi connectivity index (χ0v) is 8.81. The summed E-state index contributed by atoms with van der Waals surface area (Å²) in [5.41, 5.74) is 8.58. The quantitative estimate of drug-likeness (QED) is 0.746. The molecule has 0 bridgehead atoms. The topological polar surface area (TPSA) is 69.6 Å². The molecule has 0 saturated heterocycles. The van der Waals surface area contributed by atoms with E-state index in [1.54, 1.807) is 4.68 Å². The molecule has 1 heterocycles. The maximum Gasteiger partial charge on any atom is 0.182 e. The van der Waals surface area contributed by atoms with Crippen LogP contribution in [-0.2, 0) is 6.54 Å². The van der Waals surface area contributed by atoms with Crippen molar-refractivity contribution < 1.29 is 0 Å². The highest BCUT2D eigenvalue weighted by Gasteiger charge is 2.10. The van der Waals surface area contributed by atoms with E-state index in [1.165, 1.54) is 0 Å². The maximum atomic E-state index is 5.75. The molecule has 5 heteroatoms. The van der Waals surface area contributed by atoms with Crippen molar-refractivity contribution in [2.24, 2.45) is 0 Å². The SMILES string of the molecule is CCn1nnnc1-c1cc(N)ccc1C. The predicted octanol–water partition coefficient (Wildman–Crippen LogP) is 1.25. The highest BCUT2D eigenvalue weighted by atomic mass is 15.5. The third kappa shape index (κ3) is 1.68. The molecule has 0 unspecified atom stereocenters. The van der Waals surface area contributed by atoms with Crippen molar-refractivity contribution in [2.45, 2.75) is 20.4 Å². The number of nitrogen functional groups attached to an aromatic ring is 1. The fourth-order valence-electron chi connectivity index (χ4n) is 1.49. The van der Waals surface area contributed by atoms with E-state index in [4.69, 9.17) is 5.73 Å². The number of anilines is 1. The first-order chi connectivity index (χ1) is 7.22. The van der Waals surface area contributed by atoms with Gasteiger partial charge in [0, 0.05) is 17.8 Å². The molecular weight excluding hydrogens is 190 g/mol. The second kappa shape index (κ2) is 3.68. The zero-order valence-electron chi connectivity index (χ0n) is 8.81. The third-order valence-corrected chi connectivity index (χ3v) is 2.33. The minimum atomic E-state index is 0.723. The van der Waals surface area contributed by atoms with Crippen molar-refractivity contribution in [2.75, 3.05) is 5.73 Å². The van der Waals surface area contributed by atoms with Gasteiger partial charge in [0.25, 0.3) is 0 Å². The Labute approximate surface area is 87.9 Å². The molecule has 1 aromatic heterocycles. The Balaban J connectivity index is 2.58. The summed E-state index contributed by atoms with van der Waals surface area (Å²) in [5.74, 6) is 0.766. The van der Waals surface area contributed by atoms with Gasteiger partial charge in [-0.15, -0.1) is 5.10 Å². The fraction of sp³-hybridized carbons (Fsp3) is 0.300. The molecular formula is C10H13N5. The molecule has 2 aromatic rings. The van der Waals surface area contributed by atoms with Crippen molar-refractivity contribution in [3.63, 3.8) is 0 Å². The lowest BCUT2D eigenvalue weighted by molar-refractivity contribution is 0.631. The Morgan fingerprint density at radius 3 is 2.93 bits per heavy atom. The number of nitrogens with two attached hydrogens (primary N) is 1. The zero-order chi connectivity index (χ0) is 10.8. The van der Waals surface area contributed by atoms with E-state index in [-0.39, 0.29) is 0 Å². The van der Waals surface area contributed by atoms with Crippen LogP contribution in [0.2, 0.25) is 0 Å². The molecule has 0 amide bonds. The van der Waals surface area contributed by atoms with E-state index < -0.39 is 0 Å². The minimum Gasteiger partial charge on any atom is -0.399 e. The molecule has 1 aromatic carbocycles. The first-order valence-corrected chi connectivity index (χ1v) is 4.85. The molecule has 2 rings (SSSR count). The number of hydrogen-bond donors (Lipinski definition) is 1. The summed E-state index contributed by atoms with van der Waals surface area (Å²) in [6, 6.07) is 5.74. The van der Waals surface area contributed by atoms with Crippen molar-refractivity contribution in [3.8, 4) is 11.4 Å². The molecule has 0 radical (unpaired) electrons. The van der Waals surface area contributed by atoms with Gasteiger partial charge < -0.3 is 5.73 Å². The lowest BCUT2D eigenvalue weighted by Gasteiger charge is -2.05. The number of aromatic nitrogens is 4. The summed E-state index contributed by atoms with van der Waals surface area (Å²) in [4.78, 5) is 0. The van der Waals surface area contributed by atoms with Crippen LogP contribution < -0.4 is 5.73 Å². The van der Waals surface area contributed by atoms with E-state index in [9.17, 15) is 0 Å². The molecule has 0 aliphatic heterocycles. The van der Waals surface area contributed by atoms with E-state index >= 15 is 0 Å². The Hall–Kier alpha value is -1.91. The van der Waals surface area contributed by atoms with Crippen LogP contribution in [-0.4, -0.2) is 20.2 Å². The average Bonchev–Trinajstić information content (AvgIpc) is 2.69. The second-order valence-corrected chi connectivity index (χ2v) is 3.39. The van der Waals surface area contributed by atoms with Gasteiger partial charge in [0.2, 0.25) is 0 Å². The second-order valence-electron chi connectivity index (χ2n) is 3.39. The van der Waals surface area contributed by atoms with Gasteiger partial charge in [-0.25, -0.2) is 4.68 Å². The number of rotatable bonds is 2. The van der Waals surface area contributed by atoms with E-state index in [0.29, 0.717) is 0 Å². The summed E-state index contributed by atoms with van der Waals surface area (Å²) < 4.78 is 1.75. The first-order valence-electron chi connectivity index (χ1n) is 4.85. The predicted molar refractivity (Wildman–Crippen MR) is 58.1 cm³/mol. The standard InChI is InChI=1S/C10H13N5/c1-3-15-10(12-13-14-15)9-6-8(11)5-4-7(9)2/h4-6H,3,11H2,1-2H3. The molecule has 2 N–H and O–H groups in total. The lowest BCUT2D eigenvalue weighted by Crippen LogP contribution is -2.01. The Morgan fingerprint density at radius 2 is 2.20 bits per heavy atom. The molecule has 15 heavy (non-hydrogen) atoms. The first kappa shape index (κ1) is 9.64. The maximum absolute atomic E-state index is 5.75. The largest absolute Gasteiger partial charge is 0.399 e. The number of benzene rings is 1. The smallest absolute Gasteiger partial charge is 0.182 e. The molecule has 0 aliphatic rings. The van der Waals surface area contributed by atoms with Gasteiger partial charge in [0.15, 0.2) is 5.82 Å². The lowest BCUT2D eigenvalue weighted by atomic mass is 10.1. The van der Waals surface area contributed by atoms with E-state index in [1.807, 2.05) is 32.0 Å². The van der Waals surface area contributed by atoms with Gasteiger partial charge in [-0.1, -0.05) is 6.07 Å². The van der Waals surface area contributed by atoms with Crippen LogP contribution in [0.4, 0.5) is 5.69 Å². The molecule has 78 valence electrons. The minimum absolute atomic E-state index is 0.723. The van der Waals surface area contributed by atoms with E-state index in [2.05, 4.69) is 15.5 Å². The summed E-state index contributed by atoms with van der Waals surface area (Å²) in [6.45, 7) is 4.77. The van der Waals surface area contributed by atoms with Crippen LogP contribution in [0.5, 0.6) is 0 Å². The van der Waals surface area contributed by atoms with Gasteiger partial charge >= 0.3 is 0 Å². The molecule has 5 nitrogen and oxygen atoms in total. The van der Waals surface area contributed by atoms with Gasteiger partial charge in [-0.2, -0.15) is 0 Å². The van der Waals surface area contributed by atoms with Gasteiger partial charge in [-0.05, 0) is 42.0 Å². The van der Waals surface area contributed by atoms with Crippen LogP contribution in [0, 0.1) is 6.92 Å². The number of aryl methyl sites for hydroxylation is 2. The van der Waals surface area contributed by atoms with Crippen LogP contribution in [0.15, 0.2) is 18.2 Å². The Bertz CT molecular complexity index is 474. The fourth-order valence-corrected chi connectivity index (χ4v) is 1.49. The third-order valence-electron chi connectivity index (χ3n) is 2.33. The average molecular weight is 203 g/mol. The van der Waals surface area contributed by atoms with Crippen molar-refractivity contribution in [1.82, 2.24) is 20.2 Å². The normalized spacial score (nSPS) is 10.5. The summed E-state index contributed by atoms with van der Waals surface area (Å²) in [6.07, 6.45) is 0. The van der Waals surface area contributed by atoms with Crippen molar-refractivity contribution in [1.29, 1.82) is 0 Å². The van der Waals surface area contributed by atoms with E-state index in [0.717, 1.165) is 29.2 Å². The van der Waals surface area contributed by atoms with Crippen LogP contribution >= 0.6 is 0 Å². The van der Waals surface area contributed by atoms with Crippen LogP contribution in [0.1, 0.15) is 12.5 Å². The number of nitrogens with zero attached hydrogens (tertiary/aromatic N) is 4. The molecule has 0 fully saturated rings. The summed E-state index contributed by atoms with van der Waals surface area (Å²) in [5, 5.41) is 11.6. The Morgan fingerprint density at radius 1 is 1.40 bits per heavy atom. The highest BCUT2D eigenvalue weighted by Crippen LogP contribution is 2.22. The molecule has 0 aliphatic carbocycles. The van der Waals surface area contributed by atoms with Crippen molar-refractivity contribution in [3.05, 3.63) is 23.8 Å². The van der Waals surface area contributed by atoms with Gasteiger partial charge in [0.05, 0.1) is 0 Å². The molecule has 0 saturated carbocycles. The number of tetrazole rings is 1. The Kier molecular flexibility index (Phi) is 2.37. The molecule has 0 spiro atoms. The summed E-state index contributed by atoms with van der Waals surface area (Å²) in [7, 11) is 0. The summed E-state index contributed by atoms with van der Waals surface area (Å²) >= 11 is 0. The van der Waals surface area contributed by atoms with Crippen LogP contribution in [0.25, 0.3) is 11.4 Å². The number of hydrogen-bond acceptors (Lipinski definition) is 4. The van der Waals surface area contributed by atoms with Gasteiger partial charge in [0.1, 0.15) is 0 Å². The van der Waals surface area contributed by atoms with Crippen LogP contribution in [0.3, 0.4) is 0 Å². The monoisotopic (exact) mass is 203 g/mol. The highest BCUT2D eigenvalue weighted by molar-refractivity contribution is 5.65. The van der Waals surface area contributed by atoms with Gasteiger partial charge in [-0.3, -0.25) is 0 Å². The molecule has 0 atom stereocenters.